The van der Waals surface area contributed by atoms with Gasteiger partial charge in [-0.15, -0.1) is 0 Å². The average molecular weight is 333 g/mol. The van der Waals surface area contributed by atoms with Gasteiger partial charge in [-0.25, -0.2) is 9.67 Å². The fourth-order valence-electron chi connectivity index (χ4n) is 2.09. The van der Waals surface area contributed by atoms with Crippen LogP contribution in [0.1, 0.15) is 31.5 Å². The van der Waals surface area contributed by atoms with Crippen molar-refractivity contribution in [2.24, 2.45) is 5.92 Å². The molecule has 2 aromatic rings. The van der Waals surface area contributed by atoms with Crippen molar-refractivity contribution in [1.82, 2.24) is 20.1 Å². The molecule has 5 heteroatoms. The van der Waals surface area contributed by atoms with E-state index in [2.05, 4.69) is 50.5 Å². The summed E-state index contributed by atoms with van der Waals surface area (Å²) in [4.78, 5) is 4.36. The molecule has 2 aromatic heterocycles. The molecule has 0 amide bonds. The summed E-state index contributed by atoms with van der Waals surface area (Å²) >= 11 is 3.57. The first-order chi connectivity index (χ1) is 9.75. The van der Waals surface area contributed by atoms with E-state index in [1.165, 1.54) is 12.8 Å². The van der Waals surface area contributed by atoms with Gasteiger partial charge in [-0.05, 0) is 59.9 Å². The Morgan fingerprint density at radius 1 is 1.45 bits per heavy atom. The van der Waals surface area contributed by atoms with E-state index in [1.54, 1.807) is 6.20 Å². The van der Waals surface area contributed by atoms with Crippen molar-refractivity contribution in [3.05, 3.63) is 53.0 Å². The maximum Gasteiger partial charge on any atom is 0.153 e. The van der Waals surface area contributed by atoms with Gasteiger partial charge in [0.05, 0.1) is 22.4 Å². The zero-order valence-electron chi connectivity index (χ0n) is 11.3. The summed E-state index contributed by atoms with van der Waals surface area (Å²) in [6.07, 6.45) is 10.5. The second kappa shape index (κ2) is 5.79. The molecule has 1 unspecified atom stereocenters. The quantitative estimate of drug-likeness (QED) is 0.909. The standard InChI is InChI=1S/C15H17BrN4/c1-11(17-9-7-12-5-6-12)15-13(16)10-19-20(15)14-4-2-3-8-18-14/h2-4,7-12,17H,5-6H2,1H3. The minimum absolute atomic E-state index is 0.156. The van der Waals surface area contributed by atoms with E-state index in [9.17, 15) is 0 Å². The predicted octanol–water partition coefficient (Wildman–Crippen LogP) is 3.60. The summed E-state index contributed by atoms with van der Waals surface area (Å²) in [5, 5.41) is 7.81. The van der Waals surface area contributed by atoms with Crippen molar-refractivity contribution in [3.8, 4) is 5.82 Å². The SMILES string of the molecule is CC(NC=CC1CC1)c1c(Br)cnn1-c1ccccn1. The molecule has 1 fully saturated rings. The van der Waals surface area contributed by atoms with Crippen LogP contribution in [0, 0.1) is 5.92 Å². The highest BCUT2D eigenvalue weighted by atomic mass is 79.9. The van der Waals surface area contributed by atoms with Crippen LogP contribution in [0.4, 0.5) is 0 Å². The number of aromatic nitrogens is 3. The number of hydrogen-bond acceptors (Lipinski definition) is 3. The van der Waals surface area contributed by atoms with E-state index in [-0.39, 0.29) is 6.04 Å². The fraction of sp³-hybridized carbons (Fsp3) is 0.333. The number of pyridine rings is 1. The van der Waals surface area contributed by atoms with Crippen molar-refractivity contribution in [3.63, 3.8) is 0 Å². The van der Waals surface area contributed by atoms with Crippen LogP contribution < -0.4 is 5.32 Å². The minimum Gasteiger partial charge on any atom is -0.383 e. The van der Waals surface area contributed by atoms with Crippen molar-refractivity contribution in [2.45, 2.75) is 25.8 Å². The van der Waals surface area contributed by atoms with Gasteiger partial charge in [0, 0.05) is 6.20 Å². The molecule has 0 spiro atoms. The zero-order chi connectivity index (χ0) is 13.9. The molecular formula is C15H17BrN4. The highest BCUT2D eigenvalue weighted by Gasteiger charge is 2.19. The van der Waals surface area contributed by atoms with Crippen LogP contribution in [-0.4, -0.2) is 14.8 Å². The van der Waals surface area contributed by atoms with Crippen molar-refractivity contribution < 1.29 is 0 Å². The largest absolute Gasteiger partial charge is 0.383 e. The van der Waals surface area contributed by atoms with Gasteiger partial charge in [-0.3, -0.25) is 0 Å². The molecule has 2 heterocycles. The molecule has 104 valence electrons. The van der Waals surface area contributed by atoms with E-state index in [0.29, 0.717) is 0 Å². The van der Waals surface area contributed by atoms with Crippen LogP contribution >= 0.6 is 15.9 Å². The second-order valence-electron chi connectivity index (χ2n) is 5.06. The molecule has 3 rings (SSSR count). The molecule has 1 N–H and O–H groups in total. The number of allylic oxidation sites excluding steroid dienone is 1. The van der Waals surface area contributed by atoms with Gasteiger partial charge in [-0.2, -0.15) is 5.10 Å². The number of hydrogen-bond donors (Lipinski definition) is 1. The highest BCUT2D eigenvalue weighted by Crippen LogP contribution is 2.30. The van der Waals surface area contributed by atoms with Crippen molar-refractivity contribution in [1.29, 1.82) is 0 Å². The lowest BCUT2D eigenvalue weighted by atomic mass is 10.2. The van der Waals surface area contributed by atoms with E-state index < -0.39 is 0 Å². The molecular weight excluding hydrogens is 316 g/mol. The van der Waals surface area contributed by atoms with E-state index in [1.807, 2.05) is 29.1 Å². The summed E-state index contributed by atoms with van der Waals surface area (Å²) < 4.78 is 2.86. The van der Waals surface area contributed by atoms with Gasteiger partial charge in [0.15, 0.2) is 5.82 Å². The van der Waals surface area contributed by atoms with E-state index >= 15 is 0 Å². The Bertz CT molecular complexity index is 602. The number of nitrogens with one attached hydrogen (secondary N) is 1. The minimum atomic E-state index is 0.156. The monoisotopic (exact) mass is 332 g/mol. The third-order valence-corrected chi connectivity index (χ3v) is 3.98. The van der Waals surface area contributed by atoms with Gasteiger partial charge < -0.3 is 5.32 Å². The molecule has 4 nitrogen and oxygen atoms in total. The predicted molar refractivity (Wildman–Crippen MR) is 82.5 cm³/mol. The molecule has 0 saturated heterocycles. The smallest absolute Gasteiger partial charge is 0.153 e. The van der Waals surface area contributed by atoms with Gasteiger partial charge in [0.1, 0.15) is 0 Å². The molecule has 1 atom stereocenters. The normalized spacial score (nSPS) is 16.5. The Balaban J connectivity index is 1.82. The highest BCUT2D eigenvalue weighted by molar-refractivity contribution is 9.10. The molecule has 20 heavy (non-hydrogen) atoms. The Kier molecular flexibility index (Phi) is 3.87. The van der Waals surface area contributed by atoms with Gasteiger partial charge in [0.25, 0.3) is 0 Å². The topological polar surface area (TPSA) is 42.7 Å². The van der Waals surface area contributed by atoms with Crippen LogP contribution in [0.5, 0.6) is 0 Å². The third kappa shape index (κ3) is 2.93. The summed E-state index contributed by atoms with van der Waals surface area (Å²) in [7, 11) is 0. The van der Waals surface area contributed by atoms with E-state index in [0.717, 1.165) is 21.9 Å². The molecule has 0 bridgehead atoms. The van der Waals surface area contributed by atoms with Crippen molar-refractivity contribution >= 4 is 15.9 Å². The maximum atomic E-state index is 4.41. The molecule has 1 aliphatic carbocycles. The van der Waals surface area contributed by atoms with Gasteiger partial charge in [-0.1, -0.05) is 12.1 Å². The van der Waals surface area contributed by atoms with E-state index in [4.69, 9.17) is 0 Å². The lowest BCUT2D eigenvalue weighted by Gasteiger charge is -2.15. The Morgan fingerprint density at radius 2 is 2.30 bits per heavy atom. The summed E-state index contributed by atoms with van der Waals surface area (Å²) in [6, 6.07) is 5.98. The molecule has 0 aromatic carbocycles. The Morgan fingerprint density at radius 3 is 3.00 bits per heavy atom. The Labute approximate surface area is 127 Å². The lowest BCUT2D eigenvalue weighted by molar-refractivity contribution is 0.621. The average Bonchev–Trinajstić information content (AvgIpc) is 3.20. The third-order valence-electron chi connectivity index (χ3n) is 3.37. The zero-order valence-corrected chi connectivity index (χ0v) is 12.9. The summed E-state index contributed by atoms with van der Waals surface area (Å²) in [5.41, 5.74) is 1.07. The summed E-state index contributed by atoms with van der Waals surface area (Å²) in [5.74, 6) is 1.60. The second-order valence-corrected chi connectivity index (χ2v) is 5.92. The molecule has 0 aliphatic heterocycles. The molecule has 1 saturated carbocycles. The van der Waals surface area contributed by atoms with Crippen LogP contribution in [0.15, 0.2) is 47.3 Å². The number of rotatable bonds is 5. The summed E-state index contributed by atoms with van der Waals surface area (Å²) in [6.45, 7) is 2.12. The van der Waals surface area contributed by atoms with Crippen LogP contribution in [0.25, 0.3) is 5.82 Å². The first kappa shape index (κ1) is 13.4. The first-order valence-corrected chi connectivity index (χ1v) is 7.62. The van der Waals surface area contributed by atoms with Crippen LogP contribution in [-0.2, 0) is 0 Å². The van der Waals surface area contributed by atoms with Crippen LogP contribution in [0.2, 0.25) is 0 Å². The first-order valence-electron chi connectivity index (χ1n) is 6.83. The number of halogens is 1. The van der Waals surface area contributed by atoms with Gasteiger partial charge >= 0.3 is 0 Å². The molecule has 1 aliphatic rings. The molecule has 0 radical (unpaired) electrons. The number of nitrogens with zero attached hydrogens (tertiary/aromatic N) is 3. The Hall–Kier alpha value is -1.62. The van der Waals surface area contributed by atoms with Crippen molar-refractivity contribution in [2.75, 3.05) is 0 Å². The fourth-order valence-corrected chi connectivity index (χ4v) is 2.70. The van der Waals surface area contributed by atoms with Gasteiger partial charge in [0.2, 0.25) is 0 Å². The maximum absolute atomic E-state index is 4.41. The van der Waals surface area contributed by atoms with Crippen LogP contribution in [0.3, 0.4) is 0 Å². The lowest BCUT2D eigenvalue weighted by Crippen LogP contribution is -2.17.